The summed E-state index contributed by atoms with van der Waals surface area (Å²) >= 11 is 0. The molecule has 1 saturated heterocycles. The van der Waals surface area contributed by atoms with E-state index in [1.54, 1.807) is 13.0 Å². The van der Waals surface area contributed by atoms with Crippen LogP contribution in [-0.2, 0) is 19.1 Å². The minimum Gasteiger partial charge on any atom is -0.481 e. The van der Waals surface area contributed by atoms with E-state index in [0.29, 0.717) is 38.5 Å². The van der Waals surface area contributed by atoms with Crippen LogP contribution in [0.1, 0.15) is 72.1 Å². The Bertz CT molecular complexity index is 967. The van der Waals surface area contributed by atoms with Crippen LogP contribution in [0.4, 0.5) is 0 Å². The Morgan fingerprint density at radius 1 is 1.31 bits per heavy atom. The zero-order valence-electron chi connectivity index (χ0n) is 19.3. The van der Waals surface area contributed by atoms with Crippen molar-refractivity contribution in [3.8, 4) is 0 Å². The number of carbonyl (C=O) groups is 3. The molecule has 6 heteroatoms. The number of ketones is 2. The van der Waals surface area contributed by atoms with Gasteiger partial charge >= 0.3 is 5.97 Å². The molecule has 0 aromatic rings. The molecule has 4 fully saturated rings. The van der Waals surface area contributed by atoms with E-state index in [-0.39, 0.29) is 47.8 Å². The molecule has 1 aliphatic heterocycles. The molecule has 6 nitrogen and oxygen atoms in total. The molecule has 5 aliphatic rings. The van der Waals surface area contributed by atoms with E-state index < -0.39 is 28.0 Å². The Morgan fingerprint density at radius 3 is 2.66 bits per heavy atom. The highest BCUT2D eigenvalue weighted by molar-refractivity contribution is 5.92. The van der Waals surface area contributed by atoms with Crippen molar-refractivity contribution < 1.29 is 29.3 Å². The normalized spacial score (nSPS) is 50.9. The highest BCUT2D eigenvalue weighted by atomic mass is 16.6. The van der Waals surface area contributed by atoms with Crippen LogP contribution in [0.25, 0.3) is 0 Å². The first-order chi connectivity index (χ1) is 14.9. The number of Topliss-reactive ketones (excluding diaryl/α,β-unsaturated/α-hetero) is 1. The van der Waals surface area contributed by atoms with E-state index in [0.717, 1.165) is 5.57 Å². The Balaban J connectivity index is 1.69. The first-order valence-electron chi connectivity index (χ1n) is 11.9. The summed E-state index contributed by atoms with van der Waals surface area (Å²) in [6, 6.07) is 0. The van der Waals surface area contributed by atoms with Gasteiger partial charge in [-0.15, -0.1) is 6.58 Å². The van der Waals surface area contributed by atoms with Crippen molar-refractivity contribution >= 4 is 17.5 Å². The quantitative estimate of drug-likeness (QED) is 0.498. The minimum atomic E-state index is -1.12. The predicted molar refractivity (Wildman–Crippen MR) is 117 cm³/mol. The standard InChI is InChI=1S/C26H34O6/c1-5-25-18(15(2)27)13-16-12-17(28)6-9-22(16,3)26(25)20(32-26)14-23(4)19(25)7-10-24(23,31)11-8-21(29)30/h5,12,18-20,31H,1,6-11,13-14H2,2-4H3,(H,29,30)/t18-,19+,20+,22-,23-,24+,25-,26-/m0/s1. The van der Waals surface area contributed by atoms with Crippen molar-refractivity contribution in [1.82, 2.24) is 0 Å². The number of aliphatic hydroxyl groups is 1. The van der Waals surface area contributed by atoms with Gasteiger partial charge in [0.25, 0.3) is 0 Å². The van der Waals surface area contributed by atoms with Gasteiger partial charge in [0, 0.05) is 35.0 Å². The summed E-state index contributed by atoms with van der Waals surface area (Å²) in [6.45, 7) is 10.1. The van der Waals surface area contributed by atoms with Gasteiger partial charge < -0.3 is 14.9 Å². The third-order valence-corrected chi connectivity index (χ3v) is 10.5. The van der Waals surface area contributed by atoms with E-state index in [4.69, 9.17) is 4.74 Å². The topological polar surface area (TPSA) is 104 Å². The number of rotatable bonds is 5. The van der Waals surface area contributed by atoms with Crippen LogP contribution in [0.15, 0.2) is 24.3 Å². The van der Waals surface area contributed by atoms with Crippen LogP contribution >= 0.6 is 0 Å². The van der Waals surface area contributed by atoms with E-state index in [1.807, 2.05) is 6.08 Å². The number of carbonyl (C=O) groups excluding carboxylic acids is 2. The van der Waals surface area contributed by atoms with Crippen molar-refractivity contribution in [2.24, 2.45) is 28.1 Å². The maximum atomic E-state index is 13.2. The van der Waals surface area contributed by atoms with Crippen molar-refractivity contribution in [2.75, 3.05) is 0 Å². The zero-order chi connectivity index (χ0) is 23.3. The lowest BCUT2D eigenvalue weighted by atomic mass is 9.37. The molecule has 0 unspecified atom stereocenters. The molecule has 0 bridgehead atoms. The van der Waals surface area contributed by atoms with Gasteiger partial charge in [-0.2, -0.15) is 0 Å². The Kier molecular flexibility index (Phi) is 4.41. The van der Waals surface area contributed by atoms with Crippen molar-refractivity contribution in [3.63, 3.8) is 0 Å². The first kappa shape index (κ1) is 22.0. The first-order valence-corrected chi connectivity index (χ1v) is 11.9. The smallest absolute Gasteiger partial charge is 0.303 e. The summed E-state index contributed by atoms with van der Waals surface area (Å²) in [6.07, 6.45) is 7.20. The largest absolute Gasteiger partial charge is 0.481 e. The summed E-state index contributed by atoms with van der Waals surface area (Å²) in [5.74, 6) is -1.16. The molecular weight excluding hydrogens is 408 g/mol. The van der Waals surface area contributed by atoms with Crippen molar-refractivity contribution in [2.45, 2.75) is 89.4 Å². The monoisotopic (exact) mass is 442 g/mol. The SMILES string of the molecule is C=C[C@@]12[C@H](C(C)=O)CC3=CC(=O)CC[C@]3(C)[C@]13O[C@@H]3C[C@@]1(C)[C@H]2CC[C@@]1(O)CCC(=O)O. The summed E-state index contributed by atoms with van der Waals surface area (Å²) in [5.41, 5.74) is -2.28. The van der Waals surface area contributed by atoms with Gasteiger partial charge in [-0.3, -0.25) is 14.4 Å². The van der Waals surface area contributed by atoms with Crippen LogP contribution < -0.4 is 0 Å². The average Bonchev–Trinajstić information content (AvgIpc) is 3.39. The van der Waals surface area contributed by atoms with Gasteiger partial charge in [0.1, 0.15) is 11.4 Å². The lowest BCUT2D eigenvalue weighted by Crippen LogP contribution is -2.69. The molecular formula is C26H34O6. The maximum absolute atomic E-state index is 13.2. The molecule has 0 aromatic carbocycles. The van der Waals surface area contributed by atoms with E-state index >= 15 is 0 Å². The van der Waals surface area contributed by atoms with E-state index in [1.165, 1.54) is 0 Å². The summed E-state index contributed by atoms with van der Waals surface area (Å²) in [7, 11) is 0. The molecule has 174 valence electrons. The molecule has 2 N–H and O–H groups in total. The molecule has 32 heavy (non-hydrogen) atoms. The summed E-state index contributed by atoms with van der Waals surface area (Å²) < 4.78 is 6.67. The molecule has 8 atom stereocenters. The van der Waals surface area contributed by atoms with Gasteiger partial charge in [0.2, 0.25) is 0 Å². The number of aliphatic carboxylic acids is 1. The molecule has 5 rings (SSSR count). The van der Waals surface area contributed by atoms with Crippen LogP contribution in [0, 0.1) is 28.1 Å². The molecule has 1 spiro atoms. The number of fused-ring (bicyclic) bond motifs is 3. The Morgan fingerprint density at radius 2 is 2.03 bits per heavy atom. The molecule has 3 saturated carbocycles. The van der Waals surface area contributed by atoms with Gasteiger partial charge in [-0.25, -0.2) is 0 Å². The van der Waals surface area contributed by atoms with E-state index in [9.17, 15) is 24.6 Å². The fourth-order valence-corrected chi connectivity index (χ4v) is 8.97. The zero-order valence-corrected chi connectivity index (χ0v) is 19.3. The lowest BCUT2D eigenvalue weighted by Gasteiger charge is -2.64. The number of hydrogen-bond donors (Lipinski definition) is 2. The van der Waals surface area contributed by atoms with Gasteiger partial charge in [-0.1, -0.05) is 25.5 Å². The fourth-order valence-electron chi connectivity index (χ4n) is 8.97. The highest BCUT2D eigenvalue weighted by Crippen LogP contribution is 2.82. The fraction of sp³-hybridized carbons (Fsp3) is 0.731. The Labute approximate surface area is 189 Å². The van der Waals surface area contributed by atoms with Gasteiger partial charge in [0.15, 0.2) is 5.78 Å². The third kappa shape index (κ3) is 2.26. The predicted octanol–water partition coefficient (Wildman–Crippen LogP) is 3.62. The van der Waals surface area contributed by atoms with Crippen LogP contribution in [0.3, 0.4) is 0 Å². The minimum absolute atomic E-state index is 0.0463. The van der Waals surface area contributed by atoms with Crippen molar-refractivity contribution in [3.05, 3.63) is 24.3 Å². The Hall–Kier alpha value is -1.79. The van der Waals surface area contributed by atoms with Gasteiger partial charge in [-0.05, 0) is 57.4 Å². The number of epoxide rings is 1. The van der Waals surface area contributed by atoms with Crippen LogP contribution in [-0.4, -0.2) is 45.1 Å². The molecule has 0 amide bonds. The molecule has 0 radical (unpaired) electrons. The second-order valence-corrected chi connectivity index (χ2v) is 11.5. The number of carboxylic acid groups (broad SMARTS) is 1. The van der Waals surface area contributed by atoms with E-state index in [2.05, 4.69) is 20.4 Å². The lowest BCUT2D eigenvalue weighted by molar-refractivity contribution is -0.166. The molecule has 0 aromatic heterocycles. The summed E-state index contributed by atoms with van der Waals surface area (Å²) in [4.78, 5) is 36.8. The summed E-state index contributed by atoms with van der Waals surface area (Å²) in [5, 5.41) is 21.1. The van der Waals surface area contributed by atoms with Gasteiger partial charge in [0.05, 0.1) is 11.7 Å². The van der Waals surface area contributed by atoms with Crippen LogP contribution in [0.5, 0.6) is 0 Å². The highest BCUT2D eigenvalue weighted by Gasteiger charge is 2.87. The molecule has 4 aliphatic carbocycles. The number of ether oxygens (including phenoxy) is 1. The molecule has 1 heterocycles. The third-order valence-electron chi connectivity index (χ3n) is 10.5. The van der Waals surface area contributed by atoms with Crippen molar-refractivity contribution in [1.29, 1.82) is 0 Å². The number of hydrogen-bond acceptors (Lipinski definition) is 5. The second-order valence-electron chi connectivity index (χ2n) is 11.5. The maximum Gasteiger partial charge on any atom is 0.303 e. The van der Waals surface area contributed by atoms with Crippen LogP contribution in [0.2, 0.25) is 0 Å². The second kappa shape index (κ2) is 6.41. The average molecular weight is 443 g/mol. The number of carboxylic acids is 1.